The van der Waals surface area contributed by atoms with Crippen molar-refractivity contribution >= 4 is 119 Å². The first-order valence-corrected chi connectivity index (χ1v) is 22.3. The third-order valence-corrected chi connectivity index (χ3v) is 13.5. The maximum atomic E-state index is 2.47. The van der Waals surface area contributed by atoms with Gasteiger partial charge in [-0.2, -0.15) is 0 Å². The highest BCUT2D eigenvalue weighted by Gasteiger charge is 2.18. The molecule has 0 fully saturated rings. The molecule has 0 saturated carbocycles. The van der Waals surface area contributed by atoms with Crippen LogP contribution in [0.4, 0.5) is 34.1 Å². The summed E-state index contributed by atoms with van der Waals surface area (Å²) in [6, 6.07) is 88.8. The van der Waals surface area contributed by atoms with E-state index in [1.165, 1.54) is 74.0 Å². The Hall–Kier alpha value is -7.98. The minimum atomic E-state index is 1.10. The topological polar surface area (TPSA) is 6.48 Å². The molecule has 0 spiro atoms. The van der Waals surface area contributed by atoms with E-state index in [0.717, 1.165) is 34.1 Å². The van der Waals surface area contributed by atoms with Gasteiger partial charge < -0.3 is 9.80 Å². The van der Waals surface area contributed by atoms with E-state index in [2.05, 4.69) is 252 Å². The minimum Gasteiger partial charge on any atom is -0.310 e. The van der Waals surface area contributed by atoms with Gasteiger partial charge in [0.2, 0.25) is 0 Å². The lowest BCUT2D eigenvalue weighted by Crippen LogP contribution is -2.09. The maximum Gasteiger partial charge on any atom is 0.0468 e. The van der Waals surface area contributed by atoms with Crippen LogP contribution in [0.1, 0.15) is 0 Å². The number of hydrogen-bond acceptors (Lipinski definition) is 3. The Morgan fingerprint density at radius 1 is 0.190 bits per heavy atom. The van der Waals surface area contributed by atoms with Crippen LogP contribution in [-0.2, 0) is 0 Å². The van der Waals surface area contributed by atoms with Crippen LogP contribution >= 0.6 is 11.3 Å². The predicted molar refractivity (Wildman–Crippen MR) is 274 cm³/mol. The summed E-state index contributed by atoms with van der Waals surface area (Å²) in [7, 11) is 0. The second kappa shape index (κ2) is 15.5. The van der Waals surface area contributed by atoms with Gasteiger partial charge in [0.15, 0.2) is 0 Å². The third kappa shape index (κ3) is 6.41. The Kier molecular flexibility index (Phi) is 9.06. The number of hydrogen-bond donors (Lipinski definition) is 0. The lowest BCUT2D eigenvalue weighted by molar-refractivity contribution is 1.29. The molecule has 0 N–H and O–H groups in total. The third-order valence-electron chi connectivity index (χ3n) is 12.4. The Morgan fingerprint density at radius 3 is 0.952 bits per heavy atom. The fourth-order valence-corrected chi connectivity index (χ4v) is 10.7. The van der Waals surface area contributed by atoms with Gasteiger partial charge in [0.25, 0.3) is 0 Å². The standard InChI is InChI=1S/C60H40N2S/c1-5-19-41(20-6-1)61(42-21-7-2-8-22-42)45-33-35-51-47-27-13-14-28-48(47)52-36-34-46(62(43-23-9-3-10-24-43)44-25-11-4-12-26-44)38-55(52)57-40-60-58(53-31-17-18-32-59(53)63-60)39-56(57)50-30-16-15-29-49(50)54(51)37-45/h1-40H. The first-order chi connectivity index (χ1) is 31.3. The van der Waals surface area contributed by atoms with Crippen LogP contribution in [0, 0.1) is 0 Å². The second-order valence-corrected chi connectivity index (χ2v) is 17.1. The summed E-state index contributed by atoms with van der Waals surface area (Å²) in [6.45, 7) is 0. The summed E-state index contributed by atoms with van der Waals surface area (Å²) in [5.41, 5.74) is 6.64. The number of anilines is 6. The molecule has 1 heterocycles. The number of para-hydroxylation sites is 4. The zero-order chi connectivity index (χ0) is 41.7. The molecule has 2 nitrogen and oxygen atoms in total. The molecule has 12 aromatic rings. The Bertz CT molecular complexity index is 3650. The van der Waals surface area contributed by atoms with Crippen molar-refractivity contribution < 1.29 is 0 Å². The lowest BCUT2D eigenvalue weighted by Gasteiger charge is -2.26. The predicted octanol–water partition coefficient (Wildman–Crippen LogP) is 17.9. The van der Waals surface area contributed by atoms with Crippen molar-refractivity contribution in [2.45, 2.75) is 0 Å². The molecular formula is C60H40N2S. The fourth-order valence-electron chi connectivity index (χ4n) is 9.58. The summed E-state index contributed by atoms with van der Waals surface area (Å²) >= 11 is 1.88. The normalized spacial score (nSPS) is 11.5. The summed E-state index contributed by atoms with van der Waals surface area (Å²) in [5.74, 6) is 0. The maximum absolute atomic E-state index is 2.47. The number of fused-ring (bicyclic) bond motifs is 13. The molecule has 1 aromatic heterocycles. The first-order valence-electron chi connectivity index (χ1n) is 21.5. The van der Waals surface area contributed by atoms with Gasteiger partial charge in [-0.25, -0.2) is 0 Å². The monoisotopic (exact) mass is 820 g/mol. The van der Waals surface area contributed by atoms with Gasteiger partial charge in [-0.15, -0.1) is 11.3 Å². The van der Waals surface area contributed by atoms with E-state index < -0.39 is 0 Å². The highest BCUT2D eigenvalue weighted by atomic mass is 32.1. The largest absolute Gasteiger partial charge is 0.310 e. The van der Waals surface area contributed by atoms with Crippen LogP contribution in [0.15, 0.2) is 243 Å². The Balaban J connectivity index is 1.28. The summed E-state index contributed by atoms with van der Waals surface area (Å²) in [5, 5.41) is 14.6. The molecule has 0 aliphatic carbocycles. The smallest absolute Gasteiger partial charge is 0.0468 e. The van der Waals surface area contributed by atoms with Gasteiger partial charge in [0.05, 0.1) is 0 Å². The van der Waals surface area contributed by atoms with Gasteiger partial charge >= 0.3 is 0 Å². The number of benzene rings is 10. The highest BCUT2D eigenvalue weighted by molar-refractivity contribution is 7.25. The number of rotatable bonds is 6. The molecule has 11 aromatic carbocycles. The Labute approximate surface area is 370 Å². The molecule has 0 aliphatic heterocycles. The van der Waals surface area contributed by atoms with Crippen LogP contribution < -0.4 is 9.80 Å². The molecular weight excluding hydrogens is 781 g/mol. The second-order valence-electron chi connectivity index (χ2n) is 16.1. The molecule has 0 radical (unpaired) electrons. The van der Waals surface area contributed by atoms with Crippen molar-refractivity contribution in [1.29, 1.82) is 0 Å². The molecule has 12 rings (SSSR count). The van der Waals surface area contributed by atoms with Crippen molar-refractivity contribution in [2.24, 2.45) is 0 Å². The van der Waals surface area contributed by atoms with E-state index in [9.17, 15) is 0 Å². The van der Waals surface area contributed by atoms with Crippen molar-refractivity contribution in [2.75, 3.05) is 9.80 Å². The van der Waals surface area contributed by atoms with Crippen LogP contribution in [0.2, 0.25) is 0 Å². The molecule has 0 atom stereocenters. The van der Waals surface area contributed by atoms with Crippen LogP contribution in [0.5, 0.6) is 0 Å². The quantitative estimate of drug-likeness (QED) is 0.165. The Morgan fingerprint density at radius 2 is 0.508 bits per heavy atom. The van der Waals surface area contributed by atoms with Crippen LogP contribution in [0.25, 0.3) is 74.0 Å². The SMILES string of the molecule is c1ccc(N(c2ccccc2)c2ccc3c4ccccc4c4ccc(N(c5ccccc5)c5ccccc5)cc4c4cc5sc6ccccc6c5cc4c4ccccc4c3c2)cc1. The summed E-state index contributed by atoms with van der Waals surface area (Å²) in [6.07, 6.45) is 0. The van der Waals surface area contributed by atoms with Gasteiger partial charge in [0.1, 0.15) is 0 Å². The van der Waals surface area contributed by atoms with Gasteiger partial charge in [-0.1, -0.05) is 152 Å². The average Bonchev–Trinajstić information content (AvgIpc) is 3.72. The molecule has 3 heteroatoms. The molecule has 0 bridgehead atoms. The molecule has 0 saturated heterocycles. The zero-order valence-electron chi connectivity index (χ0n) is 34.4. The van der Waals surface area contributed by atoms with Crippen molar-refractivity contribution in [3.8, 4) is 0 Å². The summed E-state index contributed by atoms with van der Waals surface area (Å²) < 4.78 is 2.57. The van der Waals surface area contributed by atoms with Gasteiger partial charge in [-0.3, -0.25) is 0 Å². The highest BCUT2D eigenvalue weighted by Crippen LogP contribution is 2.45. The van der Waals surface area contributed by atoms with Crippen LogP contribution in [0.3, 0.4) is 0 Å². The fraction of sp³-hybridized carbons (Fsp3) is 0. The van der Waals surface area contributed by atoms with Gasteiger partial charge in [-0.05, 0) is 145 Å². The zero-order valence-corrected chi connectivity index (χ0v) is 35.2. The van der Waals surface area contributed by atoms with E-state index in [0.29, 0.717) is 0 Å². The minimum absolute atomic E-state index is 1.10. The number of nitrogens with zero attached hydrogens (tertiary/aromatic N) is 2. The van der Waals surface area contributed by atoms with E-state index in [-0.39, 0.29) is 0 Å². The molecule has 0 amide bonds. The van der Waals surface area contributed by atoms with Crippen molar-refractivity contribution in [1.82, 2.24) is 0 Å². The van der Waals surface area contributed by atoms with E-state index >= 15 is 0 Å². The molecule has 63 heavy (non-hydrogen) atoms. The van der Waals surface area contributed by atoms with E-state index in [1.54, 1.807) is 0 Å². The number of thiophene rings is 1. The van der Waals surface area contributed by atoms with E-state index in [1.807, 2.05) is 11.3 Å². The van der Waals surface area contributed by atoms with Crippen molar-refractivity contribution in [3.63, 3.8) is 0 Å². The molecule has 0 aliphatic rings. The average molecular weight is 821 g/mol. The molecule has 296 valence electrons. The lowest BCUT2D eigenvalue weighted by atomic mass is 9.93. The van der Waals surface area contributed by atoms with Crippen LogP contribution in [-0.4, -0.2) is 0 Å². The first kappa shape index (κ1) is 36.8. The van der Waals surface area contributed by atoms with Gasteiger partial charge in [0, 0.05) is 54.3 Å². The van der Waals surface area contributed by atoms with E-state index in [4.69, 9.17) is 0 Å². The molecule has 0 unspecified atom stereocenters. The van der Waals surface area contributed by atoms with Crippen molar-refractivity contribution in [3.05, 3.63) is 243 Å². The summed E-state index contributed by atoms with van der Waals surface area (Å²) in [4.78, 5) is 4.74.